The largest absolute Gasteiger partial charge is 0.483 e. The van der Waals surface area contributed by atoms with Crippen molar-refractivity contribution in [1.29, 1.82) is 0 Å². The lowest BCUT2D eigenvalue weighted by Gasteiger charge is -2.16. The fraction of sp³-hybridized carbons (Fsp3) is 0.364. The summed E-state index contributed by atoms with van der Waals surface area (Å²) in [4.78, 5) is 25.3. The van der Waals surface area contributed by atoms with Gasteiger partial charge < -0.3 is 19.4 Å². The van der Waals surface area contributed by atoms with Gasteiger partial charge in [-0.15, -0.1) is 21.5 Å². The SMILES string of the molecule is CCn1c(SCC(=O)Nc2sc(C)cc2C(=O)OC)nnc1C(C)Oc1cccc(C)c1. The Morgan fingerprint density at radius 3 is 2.72 bits per heavy atom. The van der Waals surface area contributed by atoms with E-state index in [1.807, 2.05) is 56.5 Å². The smallest absolute Gasteiger partial charge is 0.340 e. The van der Waals surface area contributed by atoms with Crippen LogP contribution in [0.25, 0.3) is 0 Å². The summed E-state index contributed by atoms with van der Waals surface area (Å²) in [5.74, 6) is 0.875. The number of thioether (sulfide) groups is 1. The number of thiophene rings is 1. The Kier molecular flexibility index (Phi) is 7.92. The fourth-order valence-electron chi connectivity index (χ4n) is 3.11. The molecule has 1 unspecified atom stereocenters. The average Bonchev–Trinajstić information content (AvgIpc) is 3.34. The quantitative estimate of drug-likeness (QED) is 0.357. The Hall–Kier alpha value is -2.85. The molecule has 0 radical (unpaired) electrons. The van der Waals surface area contributed by atoms with Crippen molar-refractivity contribution in [3.63, 3.8) is 0 Å². The van der Waals surface area contributed by atoms with Gasteiger partial charge in [0.25, 0.3) is 0 Å². The molecule has 0 saturated heterocycles. The number of anilines is 1. The van der Waals surface area contributed by atoms with Crippen LogP contribution in [0.4, 0.5) is 5.00 Å². The molecule has 0 saturated carbocycles. The van der Waals surface area contributed by atoms with E-state index in [1.165, 1.54) is 30.2 Å². The third-order valence-corrected chi connectivity index (χ3v) is 6.51. The second-order valence-electron chi connectivity index (χ2n) is 7.09. The van der Waals surface area contributed by atoms with Crippen molar-refractivity contribution in [2.75, 3.05) is 18.2 Å². The molecule has 1 atom stereocenters. The second-order valence-corrected chi connectivity index (χ2v) is 9.29. The number of benzene rings is 1. The highest BCUT2D eigenvalue weighted by Gasteiger charge is 2.21. The number of rotatable bonds is 9. The second kappa shape index (κ2) is 10.6. The minimum atomic E-state index is -0.477. The number of ether oxygens (including phenoxy) is 2. The first kappa shape index (κ1) is 23.8. The minimum Gasteiger partial charge on any atom is -0.483 e. The Morgan fingerprint density at radius 2 is 2.03 bits per heavy atom. The molecule has 2 aromatic heterocycles. The highest BCUT2D eigenvalue weighted by molar-refractivity contribution is 7.99. The molecule has 0 aliphatic rings. The van der Waals surface area contributed by atoms with Crippen LogP contribution in [0.2, 0.25) is 0 Å². The van der Waals surface area contributed by atoms with Gasteiger partial charge in [0, 0.05) is 11.4 Å². The van der Waals surface area contributed by atoms with Crippen LogP contribution in [0, 0.1) is 13.8 Å². The fourth-order valence-corrected chi connectivity index (χ4v) is 4.84. The molecule has 0 fully saturated rings. The number of hydrogen-bond donors (Lipinski definition) is 1. The maximum absolute atomic E-state index is 12.5. The first-order valence-electron chi connectivity index (χ1n) is 10.1. The van der Waals surface area contributed by atoms with Crippen LogP contribution in [0.5, 0.6) is 5.75 Å². The van der Waals surface area contributed by atoms with Crippen LogP contribution in [0.1, 0.15) is 46.6 Å². The van der Waals surface area contributed by atoms with Gasteiger partial charge in [-0.3, -0.25) is 4.79 Å². The number of carbonyl (C=O) groups excluding carboxylic acids is 2. The molecule has 0 aliphatic carbocycles. The third kappa shape index (κ3) is 5.68. The Bertz CT molecular complexity index is 1110. The lowest BCUT2D eigenvalue weighted by molar-refractivity contribution is -0.113. The van der Waals surface area contributed by atoms with E-state index in [1.54, 1.807) is 6.07 Å². The molecule has 10 heteroatoms. The van der Waals surface area contributed by atoms with E-state index in [0.717, 1.165) is 16.2 Å². The van der Waals surface area contributed by atoms with Gasteiger partial charge in [0.15, 0.2) is 17.1 Å². The summed E-state index contributed by atoms with van der Waals surface area (Å²) in [5.41, 5.74) is 1.47. The van der Waals surface area contributed by atoms with Crippen LogP contribution in [-0.4, -0.2) is 39.5 Å². The van der Waals surface area contributed by atoms with Crippen LogP contribution in [-0.2, 0) is 16.1 Å². The van der Waals surface area contributed by atoms with Crippen molar-refractivity contribution in [3.05, 3.63) is 52.2 Å². The summed E-state index contributed by atoms with van der Waals surface area (Å²) < 4.78 is 12.8. The van der Waals surface area contributed by atoms with Crippen molar-refractivity contribution in [3.8, 4) is 5.75 Å². The van der Waals surface area contributed by atoms with Gasteiger partial charge in [-0.2, -0.15) is 0 Å². The molecule has 0 aliphatic heterocycles. The third-order valence-electron chi connectivity index (χ3n) is 4.57. The van der Waals surface area contributed by atoms with Gasteiger partial charge in [-0.1, -0.05) is 23.9 Å². The van der Waals surface area contributed by atoms with E-state index in [2.05, 4.69) is 15.5 Å². The first-order chi connectivity index (χ1) is 15.3. The Labute approximate surface area is 195 Å². The number of methoxy groups -OCH3 is 1. The number of nitrogens with one attached hydrogen (secondary N) is 1. The normalized spacial score (nSPS) is 11.8. The molecule has 0 spiro atoms. The summed E-state index contributed by atoms with van der Waals surface area (Å²) >= 11 is 2.62. The van der Waals surface area contributed by atoms with Gasteiger partial charge in [-0.05, 0) is 51.5 Å². The van der Waals surface area contributed by atoms with E-state index in [9.17, 15) is 9.59 Å². The molecule has 32 heavy (non-hydrogen) atoms. The molecule has 1 aromatic carbocycles. The van der Waals surface area contributed by atoms with Crippen LogP contribution < -0.4 is 10.1 Å². The summed E-state index contributed by atoms with van der Waals surface area (Å²) in [6.07, 6.45) is -0.302. The summed E-state index contributed by atoms with van der Waals surface area (Å²) in [7, 11) is 1.32. The van der Waals surface area contributed by atoms with Crippen molar-refractivity contribution in [2.24, 2.45) is 0 Å². The molecule has 170 valence electrons. The van der Waals surface area contributed by atoms with E-state index in [0.29, 0.717) is 28.1 Å². The lowest BCUT2D eigenvalue weighted by Crippen LogP contribution is -2.16. The molecule has 1 amide bonds. The number of hydrogen-bond acceptors (Lipinski definition) is 8. The molecule has 3 aromatic rings. The summed E-state index contributed by atoms with van der Waals surface area (Å²) in [5, 5.41) is 12.5. The van der Waals surface area contributed by atoms with Crippen LogP contribution in [0.3, 0.4) is 0 Å². The van der Waals surface area contributed by atoms with E-state index >= 15 is 0 Å². The van der Waals surface area contributed by atoms with Gasteiger partial charge in [-0.25, -0.2) is 4.79 Å². The number of aryl methyl sites for hydroxylation is 2. The lowest BCUT2D eigenvalue weighted by atomic mass is 10.2. The number of nitrogens with zero attached hydrogens (tertiary/aromatic N) is 3. The van der Waals surface area contributed by atoms with Crippen molar-refractivity contribution < 1.29 is 19.1 Å². The average molecular weight is 475 g/mol. The van der Waals surface area contributed by atoms with Crippen molar-refractivity contribution in [2.45, 2.75) is 45.5 Å². The van der Waals surface area contributed by atoms with Crippen molar-refractivity contribution in [1.82, 2.24) is 14.8 Å². The van der Waals surface area contributed by atoms with E-state index < -0.39 is 5.97 Å². The number of carbonyl (C=O) groups is 2. The van der Waals surface area contributed by atoms with Gasteiger partial charge in [0.2, 0.25) is 5.91 Å². The highest BCUT2D eigenvalue weighted by atomic mass is 32.2. The monoisotopic (exact) mass is 474 g/mol. The molecule has 8 nitrogen and oxygen atoms in total. The van der Waals surface area contributed by atoms with Crippen LogP contribution in [0.15, 0.2) is 35.5 Å². The minimum absolute atomic E-state index is 0.128. The highest BCUT2D eigenvalue weighted by Crippen LogP contribution is 2.29. The standard InChI is InChI=1S/C22H26N4O4S2/c1-6-26-19(15(4)30-16-9-7-8-13(2)10-16)24-25-22(26)31-12-18(27)23-20-17(21(28)29-5)11-14(3)32-20/h7-11,15H,6,12H2,1-5H3,(H,23,27). The Balaban J connectivity index is 1.65. The predicted octanol–water partition coefficient (Wildman–Crippen LogP) is 4.63. The topological polar surface area (TPSA) is 95.3 Å². The zero-order valence-electron chi connectivity index (χ0n) is 18.7. The molecular weight excluding hydrogens is 448 g/mol. The maximum atomic E-state index is 12.5. The number of esters is 1. The number of amides is 1. The van der Waals surface area contributed by atoms with Gasteiger partial charge in [0.1, 0.15) is 10.8 Å². The summed E-state index contributed by atoms with van der Waals surface area (Å²) in [6.45, 7) is 8.44. The first-order valence-corrected chi connectivity index (χ1v) is 11.9. The van der Waals surface area contributed by atoms with E-state index in [-0.39, 0.29) is 17.8 Å². The molecule has 3 rings (SSSR count). The van der Waals surface area contributed by atoms with Gasteiger partial charge >= 0.3 is 5.97 Å². The Morgan fingerprint density at radius 1 is 1.25 bits per heavy atom. The van der Waals surface area contributed by atoms with E-state index in [4.69, 9.17) is 9.47 Å². The number of aromatic nitrogens is 3. The molecule has 0 bridgehead atoms. The molecule has 2 heterocycles. The molecule has 1 N–H and O–H groups in total. The van der Waals surface area contributed by atoms with Gasteiger partial charge in [0.05, 0.1) is 18.4 Å². The maximum Gasteiger partial charge on any atom is 0.340 e. The summed E-state index contributed by atoms with van der Waals surface area (Å²) in [6, 6.07) is 9.54. The molecular formula is C22H26N4O4S2. The zero-order valence-corrected chi connectivity index (χ0v) is 20.3. The zero-order chi connectivity index (χ0) is 23.3. The van der Waals surface area contributed by atoms with Crippen LogP contribution >= 0.6 is 23.1 Å². The van der Waals surface area contributed by atoms with Crippen molar-refractivity contribution >= 4 is 40.0 Å². The predicted molar refractivity (Wildman–Crippen MR) is 126 cm³/mol.